The second-order valence-electron chi connectivity index (χ2n) is 4.89. The van der Waals surface area contributed by atoms with Crippen LogP contribution in [0.5, 0.6) is 17.2 Å². The van der Waals surface area contributed by atoms with Gasteiger partial charge in [0.15, 0.2) is 0 Å². The zero-order valence-electron chi connectivity index (χ0n) is 12.0. The molecule has 0 amide bonds. The molecule has 0 saturated heterocycles. The first-order valence-corrected chi connectivity index (χ1v) is 6.93. The van der Waals surface area contributed by atoms with Gasteiger partial charge in [0.05, 0.1) is 0 Å². The lowest BCUT2D eigenvalue weighted by Crippen LogP contribution is -2.04. The van der Waals surface area contributed by atoms with Crippen LogP contribution in [0, 0.1) is 6.92 Å². The summed E-state index contributed by atoms with van der Waals surface area (Å²) in [6, 6.07) is 11.1. The van der Waals surface area contributed by atoms with E-state index in [1.54, 1.807) is 24.3 Å². The molecule has 2 rings (SSSR count). The largest absolute Gasteiger partial charge is 0.508 e. The van der Waals surface area contributed by atoms with Gasteiger partial charge in [-0.1, -0.05) is 19.1 Å². The third-order valence-corrected chi connectivity index (χ3v) is 3.28. The number of phenolic OH excluding ortho intramolecular Hbond substituents is 1. The fraction of sp³-hybridized carbons (Fsp3) is 0.294. The van der Waals surface area contributed by atoms with Gasteiger partial charge in [-0.15, -0.1) is 0 Å². The highest BCUT2D eigenvalue weighted by Gasteiger charge is 2.09. The average Bonchev–Trinajstić information content (AvgIpc) is 2.44. The van der Waals surface area contributed by atoms with Crippen LogP contribution in [0.2, 0.25) is 0 Å². The van der Waals surface area contributed by atoms with E-state index >= 15 is 0 Å². The van der Waals surface area contributed by atoms with E-state index in [9.17, 15) is 5.11 Å². The maximum atomic E-state index is 9.31. The van der Waals surface area contributed by atoms with E-state index in [4.69, 9.17) is 10.5 Å². The molecular formula is C17H21NO2. The smallest absolute Gasteiger partial charge is 0.133 e. The van der Waals surface area contributed by atoms with E-state index < -0.39 is 0 Å². The summed E-state index contributed by atoms with van der Waals surface area (Å²) in [4.78, 5) is 0. The molecule has 0 unspecified atom stereocenters. The summed E-state index contributed by atoms with van der Waals surface area (Å²) in [6.07, 6.45) is 1.79. The Morgan fingerprint density at radius 1 is 1.15 bits per heavy atom. The van der Waals surface area contributed by atoms with Gasteiger partial charge in [-0.05, 0) is 67.3 Å². The topological polar surface area (TPSA) is 55.5 Å². The number of aromatic hydroxyl groups is 1. The summed E-state index contributed by atoms with van der Waals surface area (Å²) in [5, 5.41) is 9.31. The van der Waals surface area contributed by atoms with Gasteiger partial charge in [0.1, 0.15) is 17.2 Å². The Bertz CT molecular complexity index is 576. The zero-order valence-corrected chi connectivity index (χ0v) is 12.0. The number of benzene rings is 2. The van der Waals surface area contributed by atoms with Crippen LogP contribution in [0.1, 0.15) is 23.6 Å². The van der Waals surface area contributed by atoms with Crippen molar-refractivity contribution in [1.82, 2.24) is 0 Å². The van der Waals surface area contributed by atoms with Gasteiger partial charge >= 0.3 is 0 Å². The third kappa shape index (κ3) is 3.31. The van der Waals surface area contributed by atoms with Crippen LogP contribution in [0.15, 0.2) is 36.4 Å². The molecular weight excluding hydrogens is 250 g/mol. The molecule has 0 aliphatic carbocycles. The summed E-state index contributed by atoms with van der Waals surface area (Å²) in [6.45, 7) is 4.82. The van der Waals surface area contributed by atoms with Crippen LogP contribution in [-0.2, 0) is 12.8 Å². The van der Waals surface area contributed by atoms with E-state index in [2.05, 4.69) is 26.0 Å². The standard InChI is InChI=1S/C17H21NO2/c1-3-14-11-13(8-9-18)10-12(2)17(14)20-16-6-4-15(19)5-7-16/h4-7,10-11,19H,3,8-9,18H2,1-2H3. The molecule has 0 saturated carbocycles. The molecule has 0 aliphatic heterocycles. The molecule has 2 aromatic rings. The second kappa shape index (κ2) is 6.44. The summed E-state index contributed by atoms with van der Waals surface area (Å²) in [5.74, 6) is 1.87. The second-order valence-corrected chi connectivity index (χ2v) is 4.89. The van der Waals surface area contributed by atoms with Gasteiger partial charge in [-0.2, -0.15) is 0 Å². The molecule has 3 heteroatoms. The minimum absolute atomic E-state index is 0.239. The number of hydrogen-bond acceptors (Lipinski definition) is 3. The number of rotatable bonds is 5. The monoisotopic (exact) mass is 271 g/mol. The molecule has 0 fully saturated rings. The maximum absolute atomic E-state index is 9.31. The van der Waals surface area contributed by atoms with Crippen molar-refractivity contribution in [3.8, 4) is 17.2 Å². The highest BCUT2D eigenvalue weighted by molar-refractivity contribution is 5.47. The van der Waals surface area contributed by atoms with E-state index in [1.165, 1.54) is 11.1 Å². The SMILES string of the molecule is CCc1cc(CCN)cc(C)c1Oc1ccc(O)cc1. The van der Waals surface area contributed by atoms with E-state index in [0.717, 1.165) is 29.9 Å². The van der Waals surface area contributed by atoms with Crippen molar-refractivity contribution in [2.24, 2.45) is 5.73 Å². The van der Waals surface area contributed by atoms with Gasteiger partial charge in [-0.3, -0.25) is 0 Å². The lowest BCUT2D eigenvalue weighted by atomic mass is 10.0. The molecule has 3 N–H and O–H groups in total. The number of phenols is 1. The van der Waals surface area contributed by atoms with Crippen molar-refractivity contribution < 1.29 is 9.84 Å². The lowest BCUT2D eigenvalue weighted by Gasteiger charge is -2.15. The first kappa shape index (κ1) is 14.4. The predicted molar refractivity (Wildman–Crippen MR) is 81.5 cm³/mol. The lowest BCUT2D eigenvalue weighted by molar-refractivity contribution is 0.460. The predicted octanol–water partition coefficient (Wildman–Crippen LogP) is 3.56. The first-order valence-electron chi connectivity index (χ1n) is 6.93. The van der Waals surface area contributed by atoms with Crippen molar-refractivity contribution in [2.75, 3.05) is 6.54 Å². The highest BCUT2D eigenvalue weighted by Crippen LogP contribution is 2.31. The minimum Gasteiger partial charge on any atom is -0.508 e. The average molecular weight is 271 g/mol. The number of ether oxygens (including phenoxy) is 1. The van der Waals surface area contributed by atoms with Crippen LogP contribution >= 0.6 is 0 Å². The Hall–Kier alpha value is -2.00. The van der Waals surface area contributed by atoms with Crippen molar-refractivity contribution >= 4 is 0 Å². The van der Waals surface area contributed by atoms with Crippen molar-refractivity contribution in [1.29, 1.82) is 0 Å². The Morgan fingerprint density at radius 3 is 2.45 bits per heavy atom. The highest BCUT2D eigenvalue weighted by atomic mass is 16.5. The Labute approximate surface area is 120 Å². The van der Waals surface area contributed by atoms with Crippen LogP contribution < -0.4 is 10.5 Å². The van der Waals surface area contributed by atoms with Gasteiger partial charge in [0, 0.05) is 0 Å². The third-order valence-electron chi connectivity index (χ3n) is 3.28. The molecule has 3 nitrogen and oxygen atoms in total. The van der Waals surface area contributed by atoms with Crippen molar-refractivity contribution in [3.63, 3.8) is 0 Å². The molecule has 0 heterocycles. The van der Waals surface area contributed by atoms with Gasteiger partial charge in [0.25, 0.3) is 0 Å². The van der Waals surface area contributed by atoms with Crippen LogP contribution in [0.25, 0.3) is 0 Å². The summed E-state index contributed by atoms with van der Waals surface area (Å²) in [7, 11) is 0. The van der Waals surface area contributed by atoms with E-state index in [-0.39, 0.29) is 5.75 Å². The number of hydrogen-bond donors (Lipinski definition) is 2. The van der Waals surface area contributed by atoms with Gasteiger partial charge < -0.3 is 15.6 Å². The molecule has 0 aliphatic rings. The molecule has 106 valence electrons. The van der Waals surface area contributed by atoms with Crippen molar-refractivity contribution in [3.05, 3.63) is 53.1 Å². The molecule has 0 aromatic heterocycles. The zero-order chi connectivity index (χ0) is 14.5. The fourth-order valence-corrected chi connectivity index (χ4v) is 2.28. The molecule has 0 spiro atoms. The van der Waals surface area contributed by atoms with Crippen LogP contribution in [-0.4, -0.2) is 11.7 Å². The fourth-order valence-electron chi connectivity index (χ4n) is 2.28. The first-order chi connectivity index (χ1) is 9.63. The normalized spacial score (nSPS) is 10.6. The summed E-state index contributed by atoms with van der Waals surface area (Å²) in [5.41, 5.74) is 9.17. The Balaban J connectivity index is 2.32. The van der Waals surface area contributed by atoms with Crippen LogP contribution in [0.4, 0.5) is 0 Å². The minimum atomic E-state index is 0.239. The Kier molecular flexibility index (Phi) is 4.64. The number of aryl methyl sites for hydroxylation is 2. The molecule has 20 heavy (non-hydrogen) atoms. The summed E-state index contributed by atoms with van der Waals surface area (Å²) < 4.78 is 5.98. The quantitative estimate of drug-likeness (QED) is 0.874. The Morgan fingerprint density at radius 2 is 1.85 bits per heavy atom. The van der Waals surface area contributed by atoms with E-state index in [0.29, 0.717) is 6.54 Å². The number of nitrogens with two attached hydrogens (primary N) is 1. The molecule has 0 radical (unpaired) electrons. The molecule has 0 bridgehead atoms. The molecule has 2 aromatic carbocycles. The maximum Gasteiger partial charge on any atom is 0.133 e. The van der Waals surface area contributed by atoms with E-state index in [1.807, 2.05) is 0 Å². The van der Waals surface area contributed by atoms with Crippen LogP contribution in [0.3, 0.4) is 0 Å². The van der Waals surface area contributed by atoms with Gasteiger partial charge in [0.2, 0.25) is 0 Å². The molecule has 0 atom stereocenters. The van der Waals surface area contributed by atoms with Crippen molar-refractivity contribution in [2.45, 2.75) is 26.7 Å². The summed E-state index contributed by atoms with van der Waals surface area (Å²) >= 11 is 0. The van der Waals surface area contributed by atoms with Gasteiger partial charge in [-0.25, -0.2) is 0 Å².